The number of amides is 2. The number of nitrogens with two attached hydrogens (primary N) is 2. The minimum absolute atomic E-state index is 0.0183. The summed E-state index contributed by atoms with van der Waals surface area (Å²) >= 11 is 2.06. The number of nitrogens with zero attached hydrogens (tertiary/aromatic N) is 7. The maximum absolute atomic E-state index is 13.4. The Kier molecular flexibility index (Phi) is 8.49. The summed E-state index contributed by atoms with van der Waals surface area (Å²) in [7, 11) is 0. The van der Waals surface area contributed by atoms with Crippen LogP contribution in [0.5, 0.6) is 0 Å². The molecule has 0 aliphatic carbocycles. The molecule has 2 fully saturated rings. The van der Waals surface area contributed by atoms with Gasteiger partial charge in [-0.2, -0.15) is 9.36 Å². The fourth-order valence-corrected chi connectivity index (χ4v) is 7.41. The van der Waals surface area contributed by atoms with Gasteiger partial charge in [-0.3, -0.25) is 19.1 Å². The zero-order valence-electron chi connectivity index (χ0n) is 25.2. The van der Waals surface area contributed by atoms with Gasteiger partial charge in [0.25, 0.3) is 11.8 Å². The van der Waals surface area contributed by atoms with E-state index in [9.17, 15) is 29.4 Å². The molecule has 8 N–H and O–H groups in total. The Balaban J connectivity index is 1.24. The van der Waals surface area contributed by atoms with Crippen LogP contribution in [-0.4, -0.2) is 99.3 Å². The molecule has 2 amide bonds. The standard InChI is InChI=1S/C27H31N11O7S2/c1-27(2,24(43)44)45-34-15(18-32-26(29)47-35-18)20(39)31-16-21(40)38-17(23(41)42)12(11-46-22(16)38)10-36-9-3-4-14-19(36)33-25(28)37(14)13-5-7-30-8-6-13/h3-4,9,13,16,22,28,30H,5-8,10-11H2,1-2H3,(H5,29,31,32,35,39,41,42,43,44)/p+1/b34-15-. The van der Waals surface area contributed by atoms with Crippen LogP contribution in [0.1, 0.15) is 38.6 Å². The molecule has 6 heterocycles. The maximum atomic E-state index is 13.4. The summed E-state index contributed by atoms with van der Waals surface area (Å²) < 4.78 is 7.80. The summed E-state index contributed by atoms with van der Waals surface area (Å²) in [5.74, 6) is -3.81. The molecule has 0 bridgehead atoms. The molecule has 2 saturated heterocycles. The molecule has 248 valence electrons. The highest BCUT2D eigenvalue weighted by Crippen LogP contribution is 2.40. The number of pyridine rings is 1. The number of hydrogen-bond donors (Lipinski definition) is 6. The number of aliphatic carboxylic acids is 2. The Morgan fingerprint density at radius 2 is 1.98 bits per heavy atom. The smallest absolute Gasteiger partial charge is 0.352 e. The van der Waals surface area contributed by atoms with Crippen molar-refractivity contribution in [1.82, 2.24) is 34.4 Å². The number of thioether (sulfide) groups is 1. The predicted molar refractivity (Wildman–Crippen MR) is 169 cm³/mol. The first kappa shape index (κ1) is 32.1. The number of β-lactam (4-membered cyclic amide) rings is 1. The Morgan fingerprint density at radius 1 is 1.23 bits per heavy atom. The van der Waals surface area contributed by atoms with Crippen molar-refractivity contribution in [1.29, 1.82) is 0 Å². The van der Waals surface area contributed by atoms with Crippen LogP contribution >= 0.6 is 23.3 Å². The molecule has 3 aromatic heterocycles. The average Bonchev–Trinajstić information content (AvgIpc) is 3.62. The van der Waals surface area contributed by atoms with Gasteiger partial charge in [-0.1, -0.05) is 5.16 Å². The molecule has 3 aliphatic heterocycles. The first-order valence-corrected chi connectivity index (χ1v) is 16.4. The van der Waals surface area contributed by atoms with Crippen LogP contribution in [0, 0.1) is 0 Å². The number of imidazole rings is 1. The second-order valence-corrected chi connectivity index (χ2v) is 13.5. The fourth-order valence-electron chi connectivity index (χ4n) is 5.64. The lowest BCUT2D eigenvalue weighted by molar-refractivity contribution is -0.664. The predicted octanol–water partition coefficient (Wildman–Crippen LogP) is -0.713. The highest BCUT2D eigenvalue weighted by atomic mass is 32.2. The van der Waals surface area contributed by atoms with E-state index in [2.05, 4.69) is 30.1 Å². The topological polar surface area (TPSA) is 257 Å². The molecule has 0 spiro atoms. The van der Waals surface area contributed by atoms with Gasteiger partial charge in [0.15, 0.2) is 5.13 Å². The minimum atomic E-state index is -1.80. The van der Waals surface area contributed by atoms with Gasteiger partial charge >= 0.3 is 23.5 Å². The van der Waals surface area contributed by atoms with E-state index in [1.54, 1.807) is 6.20 Å². The number of carbonyl (C=O) groups excluding carboxylic acids is 2. The number of carboxylic acids is 2. The van der Waals surface area contributed by atoms with Crippen LogP contribution < -0.4 is 26.7 Å². The van der Waals surface area contributed by atoms with Crippen molar-refractivity contribution in [2.45, 2.75) is 56.3 Å². The summed E-state index contributed by atoms with van der Waals surface area (Å²) in [6.07, 6.45) is 3.60. The van der Waals surface area contributed by atoms with Crippen LogP contribution in [0.2, 0.25) is 0 Å². The van der Waals surface area contributed by atoms with E-state index in [0.717, 1.165) is 47.9 Å². The molecule has 6 rings (SSSR count). The minimum Gasteiger partial charge on any atom is -0.478 e. The lowest BCUT2D eigenvalue weighted by Gasteiger charge is -2.49. The molecule has 3 aliphatic rings. The molecule has 2 unspecified atom stereocenters. The van der Waals surface area contributed by atoms with Crippen LogP contribution in [0.15, 0.2) is 34.8 Å². The van der Waals surface area contributed by atoms with Crippen molar-refractivity contribution in [3.63, 3.8) is 0 Å². The first-order chi connectivity index (χ1) is 22.4. The summed E-state index contributed by atoms with van der Waals surface area (Å²) in [6, 6.07) is 2.86. The van der Waals surface area contributed by atoms with Gasteiger partial charge in [0.2, 0.25) is 17.1 Å². The summed E-state index contributed by atoms with van der Waals surface area (Å²) in [4.78, 5) is 65.6. The van der Waals surface area contributed by atoms with Crippen molar-refractivity contribution >= 4 is 75.0 Å². The van der Waals surface area contributed by atoms with Gasteiger partial charge in [0, 0.05) is 28.9 Å². The molecular formula is C27H32N11O7S2+. The van der Waals surface area contributed by atoms with Crippen molar-refractivity contribution in [2.75, 3.05) is 30.3 Å². The Morgan fingerprint density at radius 3 is 2.64 bits per heavy atom. The van der Waals surface area contributed by atoms with E-state index in [0.29, 0.717) is 17.2 Å². The molecule has 0 radical (unpaired) electrons. The summed E-state index contributed by atoms with van der Waals surface area (Å²) in [5.41, 5.74) is 11.5. The lowest BCUT2D eigenvalue weighted by Crippen LogP contribution is -2.71. The van der Waals surface area contributed by atoms with E-state index in [-0.39, 0.29) is 35.0 Å². The number of nitrogens with one attached hydrogen (secondary N) is 2. The van der Waals surface area contributed by atoms with Crippen LogP contribution in [0.3, 0.4) is 0 Å². The summed E-state index contributed by atoms with van der Waals surface area (Å²) in [6.45, 7) is 4.35. The molecule has 47 heavy (non-hydrogen) atoms. The number of anilines is 2. The first-order valence-electron chi connectivity index (χ1n) is 14.5. The van der Waals surface area contributed by atoms with E-state index in [1.807, 2.05) is 21.3 Å². The molecular weight excluding hydrogens is 655 g/mol. The monoisotopic (exact) mass is 686 g/mol. The highest BCUT2D eigenvalue weighted by Gasteiger charge is 2.55. The normalized spacial score (nSPS) is 20.6. The number of aromatic nitrogens is 5. The third kappa shape index (κ3) is 5.94. The number of carboxylic acid groups (broad SMARTS) is 2. The fraction of sp³-hybridized carbons (Fsp3) is 0.444. The number of nitrogen functional groups attached to an aromatic ring is 2. The van der Waals surface area contributed by atoms with Gasteiger partial charge in [0.1, 0.15) is 29.2 Å². The lowest BCUT2D eigenvalue weighted by atomic mass is 10.0. The van der Waals surface area contributed by atoms with Crippen LogP contribution in [-0.2, 0) is 30.6 Å². The van der Waals surface area contributed by atoms with Crippen molar-refractivity contribution in [3.05, 3.63) is 35.4 Å². The van der Waals surface area contributed by atoms with E-state index < -0.39 is 46.5 Å². The molecule has 2 atom stereocenters. The summed E-state index contributed by atoms with van der Waals surface area (Å²) in [5, 5.41) is 28.5. The largest absolute Gasteiger partial charge is 0.478 e. The number of carbonyl (C=O) groups is 4. The SMILES string of the molecule is CC(C)(O/N=C(\C(=O)NC1C(=O)N2C(C(=O)O)=C(C[n+]3cccc4c3nc(N)n4C3CCNCC3)CSC12)c1nsc(N)n1)C(=O)O. The van der Waals surface area contributed by atoms with E-state index in [1.165, 1.54) is 25.6 Å². The highest BCUT2D eigenvalue weighted by molar-refractivity contribution is 8.00. The third-order valence-electron chi connectivity index (χ3n) is 8.07. The van der Waals surface area contributed by atoms with Gasteiger partial charge in [-0.15, -0.1) is 11.8 Å². The Labute approximate surface area is 275 Å². The van der Waals surface area contributed by atoms with Crippen molar-refractivity contribution in [3.8, 4) is 0 Å². The molecule has 18 nitrogen and oxygen atoms in total. The zero-order chi connectivity index (χ0) is 33.6. The van der Waals surface area contributed by atoms with Gasteiger partial charge in [0.05, 0.1) is 6.20 Å². The third-order valence-corrected chi connectivity index (χ3v) is 9.95. The number of oxime groups is 1. The van der Waals surface area contributed by atoms with Crippen LogP contribution in [0.25, 0.3) is 11.2 Å². The second kappa shape index (κ2) is 12.4. The average molecular weight is 687 g/mol. The number of hydrogen-bond acceptors (Lipinski definition) is 14. The van der Waals surface area contributed by atoms with E-state index in [4.69, 9.17) is 16.3 Å². The quantitative estimate of drug-likeness (QED) is 0.0667. The number of fused-ring (bicyclic) bond motifs is 2. The number of rotatable bonds is 10. The Bertz CT molecular complexity index is 1850. The maximum Gasteiger partial charge on any atom is 0.352 e. The Hall–Kier alpha value is -4.82. The molecule has 0 aromatic carbocycles. The molecule has 20 heteroatoms. The molecule has 0 saturated carbocycles. The van der Waals surface area contributed by atoms with Gasteiger partial charge in [-0.25, -0.2) is 14.2 Å². The van der Waals surface area contributed by atoms with Crippen LogP contribution in [0.4, 0.5) is 11.1 Å². The van der Waals surface area contributed by atoms with Crippen molar-refractivity contribution in [2.24, 2.45) is 5.16 Å². The second-order valence-electron chi connectivity index (χ2n) is 11.6. The van der Waals surface area contributed by atoms with Gasteiger partial charge in [-0.05, 0) is 56.9 Å². The zero-order valence-corrected chi connectivity index (χ0v) is 26.9. The van der Waals surface area contributed by atoms with Gasteiger partial charge < -0.3 is 37.2 Å². The van der Waals surface area contributed by atoms with Crippen molar-refractivity contribution < 1.29 is 38.8 Å². The number of piperidine rings is 1. The molecule has 3 aromatic rings. The van der Waals surface area contributed by atoms with E-state index >= 15 is 0 Å².